The normalized spacial score (nSPS) is 11.5. The fraction of sp³-hybridized carbons (Fsp3) is 0.308. The number of aryl methyl sites for hydroxylation is 1. The summed E-state index contributed by atoms with van der Waals surface area (Å²) in [5, 5.41) is 2.82. The molecule has 2 aromatic rings. The van der Waals surface area contributed by atoms with E-state index < -0.39 is 10.0 Å². The molecule has 20 heavy (non-hydrogen) atoms. The Morgan fingerprint density at radius 1 is 1.25 bits per heavy atom. The molecule has 0 saturated carbocycles. The highest BCUT2D eigenvalue weighted by Gasteiger charge is 2.14. The maximum absolute atomic E-state index is 12.2. The van der Waals surface area contributed by atoms with Gasteiger partial charge in [-0.25, -0.2) is 18.1 Å². The van der Waals surface area contributed by atoms with Gasteiger partial charge in [-0.2, -0.15) is 0 Å². The summed E-state index contributed by atoms with van der Waals surface area (Å²) in [5.74, 6) is 0.525. The second-order valence-electron chi connectivity index (χ2n) is 4.17. The lowest BCUT2D eigenvalue weighted by atomic mass is 10.4. The van der Waals surface area contributed by atoms with Crippen molar-refractivity contribution in [3.8, 4) is 0 Å². The van der Waals surface area contributed by atoms with Gasteiger partial charge in [-0.05, 0) is 24.6 Å². The molecular formula is C13H17N3O2S2. The number of nitrogens with one attached hydrogen (secondary N) is 2. The van der Waals surface area contributed by atoms with Crippen LogP contribution in [0.5, 0.6) is 0 Å². The largest absolute Gasteiger partial charge is 0.373 e. The highest BCUT2D eigenvalue weighted by molar-refractivity contribution is 7.89. The summed E-state index contributed by atoms with van der Waals surface area (Å²) in [6, 6.07) is 6.97. The van der Waals surface area contributed by atoms with Crippen molar-refractivity contribution in [3.05, 3.63) is 40.2 Å². The van der Waals surface area contributed by atoms with Crippen LogP contribution in [0.15, 0.2) is 35.4 Å². The second-order valence-corrected chi connectivity index (χ2v) is 7.19. The predicted octanol–water partition coefficient (Wildman–Crippen LogP) is 2.23. The average molecular weight is 311 g/mol. The van der Waals surface area contributed by atoms with E-state index >= 15 is 0 Å². The Kier molecular flexibility index (Phi) is 4.74. The molecule has 0 atom stereocenters. The Bertz CT molecular complexity index is 680. The molecule has 0 aliphatic rings. The number of thiophene rings is 1. The number of pyridine rings is 1. The van der Waals surface area contributed by atoms with Crippen LogP contribution in [-0.2, 0) is 23.0 Å². The zero-order valence-corrected chi connectivity index (χ0v) is 13.0. The number of aromatic nitrogens is 1. The molecule has 0 amide bonds. The van der Waals surface area contributed by atoms with Crippen LogP contribution in [0.1, 0.15) is 16.7 Å². The van der Waals surface area contributed by atoms with Gasteiger partial charge < -0.3 is 5.32 Å². The zero-order valence-electron chi connectivity index (χ0n) is 11.4. The van der Waals surface area contributed by atoms with Gasteiger partial charge in [-0.15, -0.1) is 11.3 Å². The number of nitrogens with zero attached hydrogens (tertiary/aromatic N) is 1. The van der Waals surface area contributed by atoms with E-state index in [4.69, 9.17) is 0 Å². The number of anilines is 1. The van der Waals surface area contributed by atoms with E-state index in [1.165, 1.54) is 23.2 Å². The van der Waals surface area contributed by atoms with Gasteiger partial charge in [-0.1, -0.05) is 6.92 Å². The predicted molar refractivity (Wildman–Crippen MR) is 81.5 cm³/mol. The van der Waals surface area contributed by atoms with Gasteiger partial charge in [0.25, 0.3) is 0 Å². The van der Waals surface area contributed by atoms with E-state index in [2.05, 4.69) is 21.9 Å². The molecule has 5 nitrogen and oxygen atoms in total. The number of hydrogen-bond acceptors (Lipinski definition) is 5. The Morgan fingerprint density at radius 3 is 2.65 bits per heavy atom. The lowest BCUT2D eigenvalue weighted by Crippen LogP contribution is -2.23. The average Bonchev–Trinajstić information content (AvgIpc) is 2.93. The van der Waals surface area contributed by atoms with Crippen molar-refractivity contribution < 1.29 is 8.42 Å². The Morgan fingerprint density at radius 2 is 2.00 bits per heavy atom. The number of rotatable bonds is 6. The number of hydrogen-bond donors (Lipinski definition) is 2. The lowest BCUT2D eigenvalue weighted by molar-refractivity contribution is 0.581. The standard InChI is InChI=1S/C13H17N3O2S2/c1-3-10-4-5-11(19-10)9-16-20(17,18)12-6-7-15-13(8-12)14-2/h4-8,16H,3,9H2,1-2H3,(H,14,15). The van der Waals surface area contributed by atoms with E-state index in [1.807, 2.05) is 12.1 Å². The summed E-state index contributed by atoms with van der Waals surface area (Å²) >= 11 is 1.62. The molecule has 0 bridgehead atoms. The van der Waals surface area contributed by atoms with Crippen molar-refractivity contribution in [1.29, 1.82) is 0 Å². The third kappa shape index (κ3) is 3.56. The van der Waals surface area contributed by atoms with E-state index in [9.17, 15) is 8.42 Å². The van der Waals surface area contributed by atoms with Crippen LogP contribution in [0.4, 0.5) is 5.82 Å². The molecule has 0 spiro atoms. The van der Waals surface area contributed by atoms with E-state index in [1.54, 1.807) is 18.4 Å². The van der Waals surface area contributed by atoms with Crippen LogP contribution < -0.4 is 10.0 Å². The molecule has 0 radical (unpaired) electrons. The molecule has 0 aliphatic carbocycles. The van der Waals surface area contributed by atoms with Crippen molar-refractivity contribution in [2.75, 3.05) is 12.4 Å². The molecule has 0 fully saturated rings. The van der Waals surface area contributed by atoms with Crippen LogP contribution in [0.2, 0.25) is 0 Å². The minimum Gasteiger partial charge on any atom is -0.373 e. The lowest BCUT2D eigenvalue weighted by Gasteiger charge is -2.07. The van der Waals surface area contributed by atoms with Gasteiger partial charge in [0.15, 0.2) is 0 Å². The summed E-state index contributed by atoms with van der Waals surface area (Å²) < 4.78 is 27.0. The minimum absolute atomic E-state index is 0.212. The van der Waals surface area contributed by atoms with E-state index in [-0.39, 0.29) is 4.90 Å². The first-order chi connectivity index (χ1) is 9.55. The third-order valence-corrected chi connectivity index (χ3v) is 5.43. The minimum atomic E-state index is -3.51. The molecule has 0 unspecified atom stereocenters. The van der Waals surface area contributed by atoms with Gasteiger partial charge >= 0.3 is 0 Å². The molecule has 0 saturated heterocycles. The van der Waals surface area contributed by atoms with E-state index in [0.717, 1.165) is 11.3 Å². The Labute approximate surface area is 123 Å². The second kappa shape index (κ2) is 6.34. The topological polar surface area (TPSA) is 71.1 Å². The molecule has 2 aromatic heterocycles. The molecule has 0 aliphatic heterocycles. The smallest absolute Gasteiger partial charge is 0.241 e. The molecule has 7 heteroatoms. The maximum atomic E-state index is 12.2. The van der Waals surface area contributed by atoms with Crippen LogP contribution in [-0.4, -0.2) is 20.4 Å². The van der Waals surface area contributed by atoms with Crippen LogP contribution in [0, 0.1) is 0 Å². The van der Waals surface area contributed by atoms with Crippen molar-refractivity contribution >= 4 is 27.2 Å². The first-order valence-electron chi connectivity index (χ1n) is 6.26. The van der Waals surface area contributed by atoms with Crippen molar-refractivity contribution in [2.45, 2.75) is 24.8 Å². The molecule has 2 rings (SSSR count). The molecule has 2 N–H and O–H groups in total. The first kappa shape index (κ1) is 15.0. The summed E-state index contributed by atoms with van der Waals surface area (Å²) in [7, 11) is -1.81. The highest BCUT2D eigenvalue weighted by atomic mass is 32.2. The van der Waals surface area contributed by atoms with E-state index in [0.29, 0.717) is 12.4 Å². The fourth-order valence-corrected chi connectivity index (χ4v) is 3.68. The van der Waals surface area contributed by atoms with Crippen LogP contribution >= 0.6 is 11.3 Å². The Balaban J connectivity index is 2.10. The monoisotopic (exact) mass is 311 g/mol. The van der Waals surface area contributed by atoms with Crippen molar-refractivity contribution in [3.63, 3.8) is 0 Å². The van der Waals surface area contributed by atoms with Gasteiger partial charge in [0.1, 0.15) is 5.82 Å². The van der Waals surface area contributed by atoms with Crippen LogP contribution in [0.25, 0.3) is 0 Å². The van der Waals surface area contributed by atoms with Crippen molar-refractivity contribution in [2.24, 2.45) is 0 Å². The molecule has 2 heterocycles. The van der Waals surface area contributed by atoms with Gasteiger partial charge in [-0.3, -0.25) is 0 Å². The quantitative estimate of drug-likeness (QED) is 0.858. The molecule has 108 valence electrons. The summed E-state index contributed by atoms with van der Waals surface area (Å²) in [6.07, 6.45) is 2.44. The van der Waals surface area contributed by atoms with Gasteiger partial charge in [0.2, 0.25) is 10.0 Å². The Hall–Kier alpha value is -1.44. The number of sulfonamides is 1. The zero-order chi connectivity index (χ0) is 14.6. The first-order valence-corrected chi connectivity index (χ1v) is 8.56. The fourth-order valence-electron chi connectivity index (χ4n) is 1.67. The van der Waals surface area contributed by atoms with Crippen LogP contribution in [0.3, 0.4) is 0 Å². The maximum Gasteiger partial charge on any atom is 0.241 e. The van der Waals surface area contributed by atoms with Gasteiger partial charge in [0, 0.05) is 35.6 Å². The van der Waals surface area contributed by atoms with Gasteiger partial charge in [0.05, 0.1) is 4.90 Å². The highest BCUT2D eigenvalue weighted by Crippen LogP contribution is 2.18. The summed E-state index contributed by atoms with van der Waals surface area (Å²) in [5.41, 5.74) is 0. The SMILES string of the molecule is CCc1ccc(CNS(=O)(=O)c2ccnc(NC)c2)s1. The molecule has 0 aromatic carbocycles. The summed E-state index contributed by atoms with van der Waals surface area (Å²) in [4.78, 5) is 6.47. The summed E-state index contributed by atoms with van der Waals surface area (Å²) in [6.45, 7) is 2.39. The van der Waals surface area contributed by atoms with Crippen molar-refractivity contribution in [1.82, 2.24) is 9.71 Å². The third-order valence-electron chi connectivity index (χ3n) is 2.80. The molecular weight excluding hydrogens is 294 g/mol.